The molecule has 1 atom stereocenters. The molecule has 0 bridgehead atoms. The largest absolute Gasteiger partial charge is 0.356 e. The highest BCUT2D eigenvalue weighted by atomic mass is 15.2. The quantitative estimate of drug-likeness (QED) is 0.489. The van der Waals surface area contributed by atoms with Gasteiger partial charge in [-0.1, -0.05) is 66.6 Å². The number of benzene rings is 2. The summed E-state index contributed by atoms with van der Waals surface area (Å²) in [7, 11) is 1.75. The van der Waals surface area contributed by atoms with Crippen LogP contribution >= 0.6 is 0 Å². The maximum Gasteiger partial charge on any atom is 0.191 e. The van der Waals surface area contributed by atoms with Crippen molar-refractivity contribution in [2.24, 2.45) is 4.99 Å². The van der Waals surface area contributed by atoms with E-state index in [9.17, 15) is 0 Å². The summed E-state index contributed by atoms with van der Waals surface area (Å²) in [4.78, 5) is 4.20. The summed E-state index contributed by atoms with van der Waals surface area (Å²) >= 11 is 0. The van der Waals surface area contributed by atoms with Gasteiger partial charge < -0.3 is 10.6 Å². The van der Waals surface area contributed by atoms with Gasteiger partial charge in [-0.2, -0.15) is 0 Å². The Morgan fingerprint density at radius 3 is 2.30 bits per heavy atom. The van der Waals surface area contributed by atoms with Gasteiger partial charge in [-0.25, -0.2) is 0 Å². The lowest BCUT2D eigenvalue weighted by molar-refractivity contribution is 0.648. The Morgan fingerprint density at radius 1 is 1.04 bits per heavy atom. The van der Waals surface area contributed by atoms with E-state index < -0.39 is 0 Å². The minimum atomic E-state index is 0.364. The van der Waals surface area contributed by atoms with Crippen molar-refractivity contribution in [3.8, 4) is 12.3 Å². The number of hydrogen-bond acceptors (Lipinski definition) is 1. The van der Waals surface area contributed by atoms with Crippen LogP contribution in [0.3, 0.4) is 0 Å². The van der Waals surface area contributed by atoms with Gasteiger partial charge in [0.1, 0.15) is 0 Å². The highest BCUT2D eigenvalue weighted by Gasteiger charge is 2.13. The van der Waals surface area contributed by atoms with Crippen LogP contribution in [0.5, 0.6) is 0 Å². The fraction of sp³-hybridized carbons (Fsp3) is 0.250. The lowest BCUT2D eigenvalue weighted by atomic mass is 9.92. The Bertz CT molecular complexity index is 642. The van der Waals surface area contributed by atoms with Crippen molar-refractivity contribution in [1.82, 2.24) is 10.6 Å². The lowest BCUT2D eigenvalue weighted by Crippen LogP contribution is -2.39. The normalized spacial score (nSPS) is 12.3. The molecule has 2 aromatic carbocycles. The van der Waals surface area contributed by atoms with Crippen LogP contribution in [0, 0.1) is 12.3 Å². The molecule has 0 aliphatic rings. The van der Waals surface area contributed by atoms with Gasteiger partial charge >= 0.3 is 0 Å². The van der Waals surface area contributed by atoms with Gasteiger partial charge in [0, 0.05) is 19.5 Å². The van der Waals surface area contributed by atoms with Crippen molar-refractivity contribution >= 4 is 5.96 Å². The lowest BCUT2D eigenvalue weighted by Gasteiger charge is -2.20. The van der Waals surface area contributed by atoms with Crippen molar-refractivity contribution in [1.29, 1.82) is 0 Å². The first kappa shape index (κ1) is 16.6. The van der Waals surface area contributed by atoms with Crippen LogP contribution in [-0.4, -0.2) is 26.1 Å². The van der Waals surface area contributed by atoms with Gasteiger partial charge in [0.15, 0.2) is 5.96 Å². The fourth-order valence-corrected chi connectivity index (χ4v) is 2.51. The van der Waals surface area contributed by atoms with Crippen molar-refractivity contribution < 1.29 is 0 Å². The van der Waals surface area contributed by atoms with E-state index in [4.69, 9.17) is 6.42 Å². The van der Waals surface area contributed by atoms with Crippen LogP contribution in [-0.2, 0) is 6.42 Å². The second-order valence-corrected chi connectivity index (χ2v) is 5.31. The molecule has 2 aromatic rings. The van der Waals surface area contributed by atoms with Crippen molar-refractivity contribution in [3.05, 3.63) is 71.8 Å². The molecule has 3 nitrogen and oxygen atoms in total. The Hall–Kier alpha value is -2.73. The second-order valence-electron chi connectivity index (χ2n) is 5.31. The molecule has 0 heterocycles. The molecule has 0 saturated carbocycles. The summed E-state index contributed by atoms with van der Waals surface area (Å²) in [5.74, 6) is 3.66. The first-order valence-electron chi connectivity index (χ1n) is 7.80. The SMILES string of the molecule is C#CCNC(=NC)NCC(Cc1ccccc1)c1ccccc1. The third-order valence-electron chi connectivity index (χ3n) is 3.69. The van der Waals surface area contributed by atoms with Gasteiger partial charge in [-0.05, 0) is 17.5 Å². The molecule has 0 fully saturated rings. The number of nitrogens with zero attached hydrogens (tertiary/aromatic N) is 1. The first-order chi connectivity index (χ1) is 11.3. The Labute approximate surface area is 138 Å². The smallest absolute Gasteiger partial charge is 0.191 e. The zero-order chi connectivity index (χ0) is 16.3. The third-order valence-corrected chi connectivity index (χ3v) is 3.69. The maximum absolute atomic E-state index is 5.29. The summed E-state index contributed by atoms with van der Waals surface area (Å²) in [6.45, 7) is 1.26. The number of guanidine groups is 1. The average Bonchev–Trinajstić information content (AvgIpc) is 2.62. The van der Waals surface area contributed by atoms with Crippen LogP contribution in [0.25, 0.3) is 0 Å². The molecule has 118 valence electrons. The van der Waals surface area contributed by atoms with E-state index in [0.29, 0.717) is 12.5 Å². The molecule has 0 aromatic heterocycles. The van der Waals surface area contributed by atoms with E-state index in [1.807, 2.05) is 12.1 Å². The third kappa shape index (κ3) is 5.52. The summed E-state index contributed by atoms with van der Waals surface area (Å²) in [6, 6.07) is 21.1. The minimum Gasteiger partial charge on any atom is -0.356 e. The van der Waals surface area contributed by atoms with E-state index in [-0.39, 0.29) is 0 Å². The summed E-state index contributed by atoms with van der Waals surface area (Å²) in [6.07, 6.45) is 6.26. The maximum atomic E-state index is 5.29. The van der Waals surface area contributed by atoms with Crippen LogP contribution in [0.2, 0.25) is 0 Å². The molecule has 0 amide bonds. The van der Waals surface area contributed by atoms with Gasteiger partial charge in [-0.15, -0.1) is 6.42 Å². The summed E-state index contributed by atoms with van der Waals surface area (Å²) < 4.78 is 0. The van der Waals surface area contributed by atoms with E-state index >= 15 is 0 Å². The molecule has 0 radical (unpaired) electrons. The van der Waals surface area contributed by atoms with Crippen LogP contribution in [0.1, 0.15) is 17.0 Å². The first-order valence-corrected chi connectivity index (χ1v) is 7.80. The second kappa shape index (κ2) is 9.32. The van der Waals surface area contributed by atoms with Gasteiger partial charge in [0.25, 0.3) is 0 Å². The zero-order valence-electron chi connectivity index (χ0n) is 13.5. The van der Waals surface area contributed by atoms with Crippen molar-refractivity contribution in [2.75, 3.05) is 20.1 Å². The Morgan fingerprint density at radius 2 is 1.70 bits per heavy atom. The molecular formula is C20H23N3. The minimum absolute atomic E-state index is 0.364. The number of terminal acetylenes is 1. The molecule has 1 unspecified atom stereocenters. The molecule has 2 N–H and O–H groups in total. The topological polar surface area (TPSA) is 36.4 Å². The standard InChI is InChI=1S/C20H23N3/c1-3-14-22-20(21-2)23-16-19(18-12-8-5-9-13-18)15-17-10-6-4-7-11-17/h1,4-13,19H,14-16H2,2H3,(H2,21,22,23). The highest BCUT2D eigenvalue weighted by molar-refractivity contribution is 5.79. The van der Waals surface area contributed by atoms with Crippen molar-refractivity contribution in [2.45, 2.75) is 12.3 Å². The molecule has 23 heavy (non-hydrogen) atoms. The van der Waals surface area contributed by atoms with Gasteiger partial charge in [-0.3, -0.25) is 4.99 Å². The number of hydrogen-bond donors (Lipinski definition) is 2. The van der Waals surface area contributed by atoms with Gasteiger partial charge in [0.05, 0.1) is 6.54 Å². The molecule has 0 aliphatic carbocycles. The number of nitrogens with one attached hydrogen (secondary N) is 2. The predicted octanol–water partition coefficient (Wildman–Crippen LogP) is 2.81. The van der Waals surface area contributed by atoms with E-state index in [2.05, 4.69) is 70.1 Å². The number of rotatable bonds is 6. The molecule has 0 spiro atoms. The van der Waals surface area contributed by atoms with Crippen LogP contribution in [0.4, 0.5) is 0 Å². The highest BCUT2D eigenvalue weighted by Crippen LogP contribution is 2.20. The van der Waals surface area contributed by atoms with E-state index in [0.717, 1.165) is 18.9 Å². The number of aliphatic imine (C=N–C) groups is 1. The molecule has 0 aliphatic heterocycles. The molecular weight excluding hydrogens is 282 g/mol. The van der Waals surface area contributed by atoms with E-state index in [1.54, 1.807) is 7.05 Å². The molecule has 3 heteroatoms. The van der Waals surface area contributed by atoms with E-state index in [1.165, 1.54) is 11.1 Å². The Kier molecular flexibility index (Phi) is 6.74. The van der Waals surface area contributed by atoms with Crippen molar-refractivity contribution in [3.63, 3.8) is 0 Å². The Balaban J connectivity index is 2.07. The zero-order valence-corrected chi connectivity index (χ0v) is 13.5. The van der Waals surface area contributed by atoms with Crippen LogP contribution < -0.4 is 10.6 Å². The van der Waals surface area contributed by atoms with Crippen LogP contribution in [0.15, 0.2) is 65.7 Å². The summed E-state index contributed by atoms with van der Waals surface area (Å²) in [5.41, 5.74) is 2.64. The predicted molar refractivity (Wildman–Crippen MR) is 97.5 cm³/mol. The van der Waals surface area contributed by atoms with Gasteiger partial charge in [0.2, 0.25) is 0 Å². The monoisotopic (exact) mass is 305 g/mol. The molecule has 2 rings (SSSR count). The summed E-state index contributed by atoms with van der Waals surface area (Å²) in [5, 5.41) is 6.46. The fourth-order valence-electron chi connectivity index (χ4n) is 2.51. The molecule has 0 saturated heterocycles. The average molecular weight is 305 g/mol.